The molecule has 0 saturated carbocycles. The summed E-state index contributed by atoms with van der Waals surface area (Å²) in [5.41, 5.74) is 3.04. The Balaban J connectivity index is 1.71. The summed E-state index contributed by atoms with van der Waals surface area (Å²) >= 11 is 0. The Labute approximate surface area is 138 Å². The average molecular weight is 324 g/mol. The first kappa shape index (κ1) is 15.7. The lowest BCUT2D eigenvalue weighted by atomic mass is 10.2. The highest BCUT2D eigenvalue weighted by molar-refractivity contribution is 5.79. The molecule has 0 spiro atoms. The van der Waals surface area contributed by atoms with Gasteiger partial charge < -0.3 is 9.47 Å². The largest absolute Gasteiger partial charge is 0.486 e. The summed E-state index contributed by atoms with van der Waals surface area (Å²) in [6, 6.07) is 7.26. The minimum absolute atomic E-state index is 0.285. The van der Waals surface area contributed by atoms with Gasteiger partial charge in [-0.05, 0) is 12.1 Å². The first-order valence-corrected chi connectivity index (χ1v) is 7.26. The van der Waals surface area contributed by atoms with Crippen LogP contribution >= 0.6 is 0 Å². The van der Waals surface area contributed by atoms with Gasteiger partial charge in [-0.15, -0.1) is 0 Å². The second-order valence-corrected chi connectivity index (χ2v) is 5.06. The van der Waals surface area contributed by atoms with Gasteiger partial charge in [0.1, 0.15) is 12.4 Å². The molecule has 3 heterocycles. The van der Waals surface area contributed by atoms with Crippen LogP contribution in [-0.2, 0) is 13.7 Å². The number of hydrogen-bond acceptors (Lipinski definition) is 6. The van der Waals surface area contributed by atoms with Crippen LogP contribution in [0.25, 0.3) is 11.4 Å². The van der Waals surface area contributed by atoms with Crippen LogP contribution in [-0.4, -0.2) is 33.1 Å². The number of ether oxygens (including phenoxy) is 2. The maximum atomic E-state index is 11.1. The Hall–Kier alpha value is -3.22. The lowest BCUT2D eigenvalue weighted by Crippen LogP contribution is -2.01. The lowest BCUT2D eigenvalue weighted by molar-refractivity contribution is 0.111. The molecular formula is C17H16N4O3. The fourth-order valence-electron chi connectivity index (χ4n) is 2.21. The second-order valence-electron chi connectivity index (χ2n) is 5.06. The zero-order valence-electron chi connectivity index (χ0n) is 13.3. The molecule has 0 amide bonds. The van der Waals surface area contributed by atoms with Gasteiger partial charge in [0.15, 0.2) is 6.29 Å². The molecule has 0 radical (unpaired) electrons. The fourth-order valence-corrected chi connectivity index (χ4v) is 2.21. The van der Waals surface area contributed by atoms with E-state index in [-0.39, 0.29) is 6.61 Å². The van der Waals surface area contributed by atoms with Crippen LogP contribution in [0.1, 0.15) is 15.9 Å². The molecule has 24 heavy (non-hydrogen) atoms. The van der Waals surface area contributed by atoms with E-state index in [0.717, 1.165) is 17.0 Å². The van der Waals surface area contributed by atoms with E-state index in [4.69, 9.17) is 9.47 Å². The third kappa shape index (κ3) is 3.24. The summed E-state index contributed by atoms with van der Waals surface area (Å²) in [5.74, 6) is 0.771. The van der Waals surface area contributed by atoms with Gasteiger partial charge in [0.2, 0.25) is 5.88 Å². The molecule has 0 bridgehead atoms. The van der Waals surface area contributed by atoms with Crippen molar-refractivity contribution in [3.8, 4) is 23.0 Å². The van der Waals surface area contributed by atoms with Gasteiger partial charge in [-0.1, -0.05) is 6.07 Å². The van der Waals surface area contributed by atoms with E-state index >= 15 is 0 Å². The Morgan fingerprint density at radius 3 is 2.71 bits per heavy atom. The molecule has 0 aliphatic carbocycles. The van der Waals surface area contributed by atoms with E-state index in [1.54, 1.807) is 17.1 Å². The number of aldehydes is 1. The number of rotatable bonds is 6. The second kappa shape index (κ2) is 6.91. The van der Waals surface area contributed by atoms with E-state index in [2.05, 4.69) is 15.1 Å². The molecule has 0 N–H and O–H groups in total. The summed E-state index contributed by atoms with van der Waals surface area (Å²) in [6.07, 6.45) is 5.65. The van der Waals surface area contributed by atoms with Gasteiger partial charge in [-0.2, -0.15) is 5.10 Å². The Morgan fingerprint density at radius 2 is 2.08 bits per heavy atom. The normalized spacial score (nSPS) is 10.4. The topological polar surface area (TPSA) is 79.1 Å². The van der Waals surface area contributed by atoms with Crippen molar-refractivity contribution in [3.63, 3.8) is 0 Å². The zero-order chi connectivity index (χ0) is 16.9. The highest BCUT2D eigenvalue weighted by Crippen LogP contribution is 2.21. The maximum Gasteiger partial charge on any atom is 0.213 e. The predicted octanol–water partition coefficient (Wildman–Crippen LogP) is 2.28. The average Bonchev–Trinajstić information content (AvgIpc) is 3.06. The van der Waals surface area contributed by atoms with Gasteiger partial charge in [-0.25, -0.2) is 4.98 Å². The van der Waals surface area contributed by atoms with Crippen LogP contribution in [0.5, 0.6) is 11.6 Å². The van der Waals surface area contributed by atoms with Crippen LogP contribution in [0.4, 0.5) is 0 Å². The molecule has 0 aromatic carbocycles. The lowest BCUT2D eigenvalue weighted by Gasteiger charge is -2.09. The Morgan fingerprint density at radius 1 is 1.21 bits per heavy atom. The summed E-state index contributed by atoms with van der Waals surface area (Å²) in [6.45, 7) is 0.285. The van der Waals surface area contributed by atoms with E-state index in [9.17, 15) is 4.79 Å². The van der Waals surface area contributed by atoms with E-state index in [0.29, 0.717) is 23.5 Å². The summed E-state index contributed by atoms with van der Waals surface area (Å²) in [7, 11) is 3.36. The molecule has 0 saturated heterocycles. The fraction of sp³-hybridized carbons (Fsp3) is 0.176. The van der Waals surface area contributed by atoms with Crippen molar-refractivity contribution in [2.45, 2.75) is 6.61 Å². The minimum atomic E-state index is 0.285. The molecule has 3 aromatic heterocycles. The van der Waals surface area contributed by atoms with E-state index < -0.39 is 0 Å². The van der Waals surface area contributed by atoms with Crippen LogP contribution < -0.4 is 9.47 Å². The van der Waals surface area contributed by atoms with Gasteiger partial charge in [0.05, 0.1) is 30.3 Å². The van der Waals surface area contributed by atoms with Gasteiger partial charge in [-0.3, -0.25) is 14.5 Å². The summed E-state index contributed by atoms with van der Waals surface area (Å²) < 4.78 is 12.4. The molecule has 3 aromatic rings. The van der Waals surface area contributed by atoms with Crippen LogP contribution in [0.3, 0.4) is 0 Å². The standard InChI is InChI=1S/C17H16N4O3/c1-21-15(5-6-20-21)14-4-3-12(8-18-14)11-24-16-9-19-17(23-2)7-13(16)10-22/h3-10H,11H2,1-2H3. The number of nitrogens with zero attached hydrogens (tertiary/aromatic N) is 4. The Bertz CT molecular complexity index is 843. The van der Waals surface area contributed by atoms with Crippen molar-refractivity contribution in [3.05, 3.63) is 54.0 Å². The molecule has 7 nitrogen and oxygen atoms in total. The number of methoxy groups -OCH3 is 1. The number of carbonyl (C=O) groups excluding carboxylic acids is 1. The van der Waals surface area contributed by atoms with Crippen LogP contribution in [0.2, 0.25) is 0 Å². The molecular weight excluding hydrogens is 308 g/mol. The number of pyridine rings is 2. The van der Waals surface area contributed by atoms with Gasteiger partial charge in [0, 0.05) is 31.1 Å². The molecule has 122 valence electrons. The molecule has 0 atom stereocenters. The maximum absolute atomic E-state index is 11.1. The van der Waals surface area contributed by atoms with E-state index in [1.165, 1.54) is 19.4 Å². The molecule has 0 aliphatic rings. The third-order valence-electron chi connectivity index (χ3n) is 3.51. The molecule has 0 fully saturated rings. The van der Waals surface area contributed by atoms with Gasteiger partial charge in [0.25, 0.3) is 0 Å². The van der Waals surface area contributed by atoms with Crippen LogP contribution in [0, 0.1) is 0 Å². The van der Waals surface area contributed by atoms with Crippen LogP contribution in [0.15, 0.2) is 42.9 Å². The van der Waals surface area contributed by atoms with E-state index in [1.807, 2.05) is 25.2 Å². The number of aryl methyl sites for hydroxylation is 1. The third-order valence-corrected chi connectivity index (χ3v) is 3.51. The van der Waals surface area contributed by atoms with Gasteiger partial charge >= 0.3 is 0 Å². The monoisotopic (exact) mass is 324 g/mol. The molecule has 0 unspecified atom stereocenters. The zero-order valence-corrected chi connectivity index (χ0v) is 13.3. The van der Waals surface area contributed by atoms with Crippen molar-refractivity contribution in [2.75, 3.05) is 7.11 Å². The summed E-state index contributed by atoms with van der Waals surface area (Å²) in [4.78, 5) is 19.6. The number of aromatic nitrogens is 4. The highest BCUT2D eigenvalue weighted by atomic mass is 16.5. The van der Waals surface area contributed by atoms with Crippen molar-refractivity contribution < 1.29 is 14.3 Å². The van der Waals surface area contributed by atoms with Crippen molar-refractivity contribution in [2.24, 2.45) is 7.05 Å². The quantitative estimate of drug-likeness (QED) is 0.647. The van der Waals surface area contributed by atoms with Crippen molar-refractivity contribution in [1.29, 1.82) is 0 Å². The first-order valence-electron chi connectivity index (χ1n) is 7.26. The SMILES string of the molecule is COc1cc(C=O)c(OCc2ccc(-c3ccnn3C)nc2)cn1. The Kier molecular flexibility index (Phi) is 4.51. The highest BCUT2D eigenvalue weighted by Gasteiger charge is 2.08. The summed E-state index contributed by atoms with van der Waals surface area (Å²) in [5, 5.41) is 4.13. The van der Waals surface area contributed by atoms with Crippen molar-refractivity contribution >= 4 is 6.29 Å². The number of carbonyl (C=O) groups is 1. The smallest absolute Gasteiger partial charge is 0.213 e. The predicted molar refractivity (Wildman–Crippen MR) is 86.9 cm³/mol. The minimum Gasteiger partial charge on any atom is -0.486 e. The molecule has 0 aliphatic heterocycles. The number of hydrogen-bond donors (Lipinski definition) is 0. The molecule has 7 heteroatoms. The van der Waals surface area contributed by atoms with Crippen molar-refractivity contribution in [1.82, 2.24) is 19.7 Å². The molecule has 3 rings (SSSR count). The first-order chi connectivity index (χ1) is 11.7.